The summed E-state index contributed by atoms with van der Waals surface area (Å²) in [5, 5.41) is 9.03. The second-order valence-corrected chi connectivity index (χ2v) is 5.21. The highest BCUT2D eigenvalue weighted by Gasteiger charge is 2.68. The number of carbonyl (C=O) groups is 1. The van der Waals surface area contributed by atoms with Gasteiger partial charge in [-0.25, -0.2) is 0 Å². The van der Waals surface area contributed by atoms with E-state index in [1.807, 2.05) is 31.2 Å². The molecule has 1 aliphatic carbocycles. The Morgan fingerprint density at radius 3 is 2.40 bits per heavy atom. The summed E-state index contributed by atoms with van der Waals surface area (Å²) in [4.78, 5) is 11.0. The Morgan fingerprint density at radius 1 is 1.47 bits per heavy atom. The molecule has 1 fully saturated rings. The molecule has 1 aromatic rings. The van der Waals surface area contributed by atoms with E-state index in [1.54, 1.807) is 0 Å². The van der Waals surface area contributed by atoms with Gasteiger partial charge in [-0.05, 0) is 24.1 Å². The van der Waals surface area contributed by atoms with Crippen LogP contribution in [0.5, 0.6) is 0 Å². The minimum absolute atomic E-state index is 0.431. The summed E-state index contributed by atoms with van der Waals surface area (Å²) in [5.41, 5.74) is 5.28. The maximum atomic E-state index is 11.0. The first-order valence-electron chi connectivity index (χ1n) is 4.68. The molecule has 3 N–H and O–H groups in total. The van der Waals surface area contributed by atoms with Crippen molar-refractivity contribution in [1.82, 2.24) is 0 Å². The Kier molecular flexibility index (Phi) is 2.17. The lowest BCUT2D eigenvalue weighted by atomic mass is 9.93. The maximum absolute atomic E-state index is 11.0. The number of carboxylic acids is 1. The maximum Gasteiger partial charge on any atom is 0.324 e. The lowest BCUT2D eigenvalue weighted by Crippen LogP contribution is -2.40. The molecule has 0 radical (unpaired) electrons. The van der Waals surface area contributed by atoms with Crippen LogP contribution in [0, 0.1) is 0 Å². The smallest absolute Gasteiger partial charge is 0.324 e. The summed E-state index contributed by atoms with van der Waals surface area (Å²) in [5.74, 6) is -0.923. The van der Waals surface area contributed by atoms with Gasteiger partial charge >= 0.3 is 5.97 Å². The van der Waals surface area contributed by atoms with Crippen LogP contribution >= 0.6 is 15.9 Å². The highest BCUT2D eigenvalue weighted by atomic mass is 79.9. The molecule has 4 heteroatoms. The van der Waals surface area contributed by atoms with E-state index < -0.39 is 16.9 Å². The molecule has 1 saturated carbocycles. The van der Waals surface area contributed by atoms with Crippen molar-refractivity contribution < 1.29 is 9.90 Å². The van der Waals surface area contributed by atoms with Crippen molar-refractivity contribution in [3.63, 3.8) is 0 Å². The summed E-state index contributed by atoms with van der Waals surface area (Å²) < 4.78 is 0.980. The summed E-state index contributed by atoms with van der Waals surface area (Å²) in [6, 6.07) is 7.64. The summed E-state index contributed by atoms with van der Waals surface area (Å²) in [7, 11) is 0. The van der Waals surface area contributed by atoms with E-state index in [0.717, 1.165) is 10.0 Å². The first kappa shape index (κ1) is 10.6. The van der Waals surface area contributed by atoms with Crippen LogP contribution in [0.25, 0.3) is 0 Å². The molecule has 0 aromatic heterocycles. The monoisotopic (exact) mass is 269 g/mol. The van der Waals surface area contributed by atoms with Gasteiger partial charge in [-0.2, -0.15) is 0 Å². The Labute approximate surface area is 96.4 Å². The third-order valence-electron chi connectivity index (χ3n) is 3.36. The summed E-state index contributed by atoms with van der Waals surface area (Å²) in [6.45, 7) is 1.89. The van der Waals surface area contributed by atoms with Crippen molar-refractivity contribution in [3.8, 4) is 0 Å². The van der Waals surface area contributed by atoms with Crippen molar-refractivity contribution in [2.45, 2.75) is 24.3 Å². The molecule has 0 amide bonds. The number of benzene rings is 1. The van der Waals surface area contributed by atoms with Crippen molar-refractivity contribution >= 4 is 21.9 Å². The Morgan fingerprint density at radius 2 is 2.00 bits per heavy atom. The first-order valence-corrected chi connectivity index (χ1v) is 5.48. The molecule has 1 aliphatic rings. The molecule has 2 atom stereocenters. The van der Waals surface area contributed by atoms with E-state index in [-0.39, 0.29) is 0 Å². The molecule has 0 aliphatic heterocycles. The molecule has 0 bridgehead atoms. The topological polar surface area (TPSA) is 63.3 Å². The highest BCUT2D eigenvalue weighted by Crippen LogP contribution is 2.55. The van der Waals surface area contributed by atoms with Gasteiger partial charge in [-0.1, -0.05) is 35.0 Å². The molecule has 3 nitrogen and oxygen atoms in total. The van der Waals surface area contributed by atoms with Gasteiger partial charge in [-0.3, -0.25) is 4.79 Å². The van der Waals surface area contributed by atoms with Gasteiger partial charge in [-0.15, -0.1) is 0 Å². The number of aliphatic carboxylic acids is 1. The van der Waals surface area contributed by atoms with Crippen molar-refractivity contribution in [1.29, 1.82) is 0 Å². The van der Waals surface area contributed by atoms with Gasteiger partial charge in [0.1, 0.15) is 5.54 Å². The Balaban J connectivity index is 2.35. The largest absolute Gasteiger partial charge is 0.480 e. The average molecular weight is 270 g/mol. The van der Waals surface area contributed by atoms with Crippen LogP contribution in [0.2, 0.25) is 0 Å². The SMILES string of the molecule is CC1(c2ccc(Br)cc2)CC1(N)C(=O)O. The van der Waals surface area contributed by atoms with E-state index >= 15 is 0 Å². The van der Waals surface area contributed by atoms with Crippen LogP contribution < -0.4 is 5.73 Å². The molecule has 15 heavy (non-hydrogen) atoms. The third-order valence-corrected chi connectivity index (χ3v) is 3.88. The lowest BCUT2D eigenvalue weighted by Gasteiger charge is -2.15. The fourth-order valence-corrected chi connectivity index (χ4v) is 2.27. The van der Waals surface area contributed by atoms with Crippen LogP contribution in [0.15, 0.2) is 28.7 Å². The zero-order valence-corrected chi connectivity index (χ0v) is 9.91. The minimum atomic E-state index is -1.10. The highest BCUT2D eigenvalue weighted by molar-refractivity contribution is 9.10. The fraction of sp³-hybridized carbons (Fsp3) is 0.364. The average Bonchev–Trinajstić information content (AvgIpc) is 2.73. The van der Waals surface area contributed by atoms with Gasteiger partial charge < -0.3 is 10.8 Å². The zero-order valence-electron chi connectivity index (χ0n) is 8.33. The van der Waals surface area contributed by atoms with Gasteiger partial charge in [0.15, 0.2) is 0 Å². The van der Waals surface area contributed by atoms with Crippen molar-refractivity contribution in [2.24, 2.45) is 5.73 Å². The molecule has 2 unspecified atom stereocenters. The van der Waals surface area contributed by atoms with Crippen LogP contribution in [0.1, 0.15) is 18.9 Å². The lowest BCUT2D eigenvalue weighted by molar-refractivity contribution is -0.140. The second-order valence-electron chi connectivity index (χ2n) is 4.29. The Hall–Kier alpha value is -0.870. The minimum Gasteiger partial charge on any atom is -0.480 e. The standard InChI is InChI=1S/C11H12BrNO2/c1-10(6-11(10,13)9(14)15)7-2-4-8(12)5-3-7/h2-5H,6,13H2,1H3,(H,14,15). The quantitative estimate of drug-likeness (QED) is 0.862. The predicted octanol–water partition coefficient (Wildman–Crippen LogP) is 1.89. The number of rotatable bonds is 2. The van der Waals surface area contributed by atoms with Crippen LogP contribution in [-0.2, 0) is 10.2 Å². The molecule has 0 spiro atoms. The molecule has 2 rings (SSSR count). The van der Waals surface area contributed by atoms with E-state index in [2.05, 4.69) is 15.9 Å². The second kappa shape index (κ2) is 3.06. The van der Waals surface area contributed by atoms with Crippen LogP contribution in [0.3, 0.4) is 0 Å². The number of nitrogens with two attached hydrogens (primary N) is 1. The number of halogens is 1. The van der Waals surface area contributed by atoms with Crippen molar-refractivity contribution in [3.05, 3.63) is 34.3 Å². The third kappa shape index (κ3) is 1.40. The first-order chi connectivity index (χ1) is 6.90. The van der Waals surface area contributed by atoms with Gasteiger partial charge in [0.2, 0.25) is 0 Å². The normalized spacial score (nSPS) is 33.8. The fourth-order valence-electron chi connectivity index (χ4n) is 2.00. The summed E-state index contributed by atoms with van der Waals surface area (Å²) >= 11 is 3.34. The van der Waals surface area contributed by atoms with E-state index in [4.69, 9.17) is 10.8 Å². The van der Waals surface area contributed by atoms with Gasteiger partial charge in [0, 0.05) is 9.89 Å². The molecule has 80 valence electrons. The van der Waals surface area contributed by atoms with Gasteiger partial charge in [0.05, 0.1) is 0 Å². The van der Waals surface area contributed by atoms with E-state index in [1.165, 1.54) is 0 Å². The molecular formula is C11H12BrNO2. The number of carboxylic acid groups (broad SMARTS) is 1. The zero-order chi connectivity index (χ0) is 11.3. The van der Waals surface area contributed by atoms with Gasteiger partial charge in [0.25, 0.3) is 0 Å². The molecule has 0 heterocycles. The number of hydrogen-bond acceptors (Lipinski definition) is 2. The van der Waals surface area contributed by atoms with Crippen molar-refractivity contribution in [2.75, 3.05) is 0 Å². The molecule has 1 aromatic carbocycles. The summed E-state index contributed by atoms with van der Waals surface area (Å²) in [6.07, 6.45) is 0.497. The molecule has 0 saturated heterocycles. The van der Waals surface area contributed by atoms with E-state index in [0.29, 0.717) is 6.42 Å². The van der Waals surface area contributed by atoms with Crippen LogP contribution in [-0.4, -0.2) is 16.6 Å². The van der Waals surface area contributed by atoms with E-state index in [9.17, 15) is 4.79 Å². The Bertz CT molecular complexity index is 417. The predicted molar refractivity (Wildman–Crippen MR) is 60.7 cm³/mol. The molecular weight excluding hydrogens is 258 g/mol. The number of hydrogen-bond donors (Lipinski definition) is 2. The van der Waals surface area contributed by atoms with Crippen LogP contribution in [0.4, 0.5) is 0 Å².